The number of esters is 1. The Morgan fingerprint density at radius 3 is 2.43 bits per heavy atom. The average Bonchev–Trinajstić information content (AvgIpc) is 2.70. The van der Waals surface area contributed by atoms with E-state index in [0.29, 0.717) is 23.6 Å². The van der Waals surface area contributed by atoms with Crippen molar-refractivity contribution in [2.45, 2.75) is 23.4 Å². The third-order valence-corrected chi connectivity index (χ3v) is 4.65. The molecule has 0 spiro atoms. The van der Waals surface area contributed by atoms with Crippen LogP contribution in [0.15, 0.2) is 65.9 Å². The van der Waals surface area contributed by atoms with Crippen LogP contribution in [-0.2, 0) is 16.1 Å². The Bertz CT molecular complexity index is 958. The smallest absolute Gasteiger partial charge is 0.338 e. The number of urea groups is 1. The van der Waals surface area contributed by atoms with E-state index in [9.17, 15) is 9.59 Å². The molecule has 2 amide bonds. The van der Waals surface area contributed by atoms with Gasteiger partial charge in [0, 0.05) is 11.3 Å². The molecule has 30 heavy (non-hydrogen) atoms. The van der Waals surface area contributed by atoms with E-state index in [1.165, 1.54) is 0 Å². The number of hydrogen-bond donors (Lipinski definition) is 2. The average molecular weight is 470 g/mol. The molecule has 9 heteroatoms. The summed E-state index contributed by atoms with van der Waals surface area (Å²) < 4.78 is 9.38. The summed E-state index contributed by atoms with van der Waals surface area (Å²) in [5.74, 6) is -0.192. The van der Waals surface area contributed by atoms with Crippen molar-refractivity contribution in [1.82, 2.24) is 10.6 Å². The number of hydrogen-bond acceptors (Lipinski definition) is 4. The lowest BCUT2D eigenvalue weighted by Crippen LogP contribution is -2.45. The number of halogens is 3. The van der Waals surface area contributed by atoms with Gasteiger partial charge in [-0.15, -0.1) is 0 Å². The maximum atomic E-state index is 12.7. The molecule has 2 N–H and O–H groups in total. The second-order valence-corrected chi connectivity index (χ2v) is 9.09. The van der Waals surface area contributed by atoms with Crippen LogP contribution in [0, 0.1) is 0 Å². The van der Waals surface area contributed by atoms with E-state index in [0.717, 1.165) is 5.56 Å². The summed E-state index contributed by atoms with van der Waals surface area (Å²) in [5, 5.41) is 5.32. The minimum Gasteiger partial charge on any atom is -0.489 e. The molecule has 6 nitrogen and oxygen atoms in total. The highest BCUT2D eigenvalue weighted by molar-refractivity contribution is 6.67. The maximum absolute atomic E-state index is 12.7. The van der Waals surface area contributed by atoms with Crippen molar-refractivity contribution in [2.24, 2.45) is 0 Å². The Hall–Kier alpha value is -2.41. The van der Waals surface area contributed by atoms with Gasteiger partial charge in [0.25, 0.3) is 0 Å². The van der Waals surface area contributed by atoms with Crippen LogP contribution < -0.4 is 15.4 Å². The molecule has 2 aromatic carbocycles. The topological polar surface area (TPSA) is 76.7 Å². The molecule has 0 saturated heterocycles. The lowest BCUT2D eigenvalue weighted by atomic mass is 9.95. The molecule has 1 aliphatic heterocycles. The molecule has 0 fully saturated rings. The molecule has 1 aliphatic rings. The molecular formula is C21H19Cl3N2O4. The Kier molecular flexibility index (Phi) is 7.13. The number of rotatable bonds is 6. The number of para-hydroxylation sites is 1. The molecule has 0 aromatic heterocycles. The van der Waals surface area contributed by atoms with Gasteiger partial charge in [0.15, 0.2) is 0 Å². The minimum absolute atomic E-state index is 0.194. The van der Waals surface area contributed by atoms with E-state index < -0.39 is 28.4 Å². The summed E-state index contributed by atoms with van der Waals surface area (Å²) in [6, 6.07) is 15.5. The second-order valence-electron chi connectivity index (χ2n) is 6.57. The largest absolute Gasteiger partial charge is 0.489 e. The molecule has 0 unspecified atom stereocenters. The lowest BCUT2D eigenvalue weighted by Gasteiger charge is -2.29. The molecule has 0 bridgehead atoms. The summed E-state index contributed by atoms with van der Waals surface area (Å²) in [6.07, 6.45) is 0. The number of ether oxygens (including phenoxy) is 2. The minimum atomic E-state index is -1.75. The summed E-state index contributed by atoms with van der Waals surface area (Å²) in [4.78, 5) is 24.9. The van der Waals surface area contributed by atoms with Crippen LogP contribution in [0.5, 0.6) is 5.75 Å². The first kappa shape index (κ1) is 22.3. The van der Waals surface area contributed by atoms with Crippen molar-refractivity contribution in [3.05, 3.63) is 77.0 Å². The van der Waals surface area contributed by atoms with Gasteiger partial charge in [-0.1, -0.05) is 83.3 Å². The van der Waals surface area contributed by atoms with E-state index in [1.807, 2.05) is 36.4 Å². The van der Waals surface area contributed by atoms with E-state index in [1.54, 1.807) is 25.1 Å². The monoisotopic (exact) mass is 468 g/mol. The summed E-state index contributed by atoms with van der Waals surface area (Å²) in [6.45, 7) is 1.50. The quantitative estimate of drug-likeness (QED) is 0.470. The van der Waals surface area contributed by atoms with Crippen LogP contribution in [0.2, 0.25) is 0 Å². The lowest BCUT2D eigenvalue weighted by molar-refractivity contribution is -0.139. The van der Waals surface area contributed by atoms with Crippen LogP contribution in [0.1, 0.15) is 24.1 Å². The van der Waals surface area contributed by atoms with Crippen LogP contribution >= 0.6 is 34.8 Å². The first-order chi connectivity index (χ1) is 14.2. The number of nitrogens with one attached hydrogen (secondary N) is 2. The normalized spacial score (nSPS) is 16.5. The molecular weight excluding hydrogens is 451 g/mol. The molecule has 1 atom stereocenters. The molecule has 3 rings (SSSR count). The molecule has 0 aliphatic carbocycles. The highest BCUT2D eigenvalue weighted by atomic mass is 35.6. The Balaban J connectivity index is 1.89. The molecule has 1 heterocycles. The second kappa shape index (κ2) is 9.60. The van der Waals surface area contributed by atoms with Gasteiger partial charge in [0.1, 0.15) is 19.0 Å². The highest BCUT2D eigenvalue weighted by Crippen LogP contribution is 2.34. The van der Waals surface area contributed by atoms with Gasteiger partial charge in [-0.2, -0.15) is 0 Å². The predicted octanol–water partition coefficient (Wildman–Crippen LogP) is 4.81. The molecule has 2 aromatic rings. The zero-order valence-electron chi connectivity index (χ0n) is 16.0. The van der Waals surface area contributed by atoms with Crippen molar-refractivity contribution < 1.29 is 19.1 Å². The van der Waals surface area contributed by atoms with Crippen molar-refractivity contribution in [3.63, 3.8) is 0 Å². The van der Waals surface area contributed by atoms with Gasteiger partial charge in [-0.05, 0) is 18.6 Å². The fourth-order valence-electron chi connectivity index (χ4n) is 3.01. The van der Waals surface area contributed by atoms with Crippen LogP contribution in [0.25, 0.3) is 0 Å². The SMILES string of the molecule is CC1=C(C(=O)OCC(Cl)(Cl)Cl)[C@@H](c2ccccc2OCc2ccccc2)NC(=O)N1. The van der Waals surface area contributed by atoms with Gasteiger partial charge in [-0.25, -0.2) is 9.59 Å². The maximum Gasteiger partial charge on any atom is 0.338 e. The molecule has 0 radical (unpaired) electrons. The van der Waals surface area contributed by atoms with Crippen LogP contribution in [-0.4, -0.2) is 22.4 Å². The van der Waals surface area contributed by atoms with E-state index in [-0.39, 0.29) is 5.57 Å². The van der Waals surface area contributed by atoms with E-state index >= 15 is 0 Å². The van der Waals surface area contributed by atoms with Crippen molar-refractivity contribution in [2.75, 3.05) is 6.61 Å². The van der Waals surface area contributed by atoms with Crippen molar-refractivity contribution in [3.8, 4) is 5.75 Å². The fraction of sp³-hybridized carbons (Fsp3) is 0.238. The van der Waals surface area contributed by atoms with Gasteiger partial charge >= 0.3 is 12.0 Å². The number of benzene rings is 2. The third kappa shape index (κ3) is 5.81. The molecule has 158 valence electrons. The van der Waals surface area contributed by atoms with Gasteiger partial charge < -0.3 is 20.1 Å². The number of carbonyl (C=O) groups is 2. The third-order valence-electron chi connectivity index (χ3n) is 4.32. The number of carbonyl (C=O) groups excluding carboxylic acids is 2. The van der Waals surface area contributed by atoms with E-state index in [4.69, 9.17) is 44.3 Å². The van der Waals surface area contributed by atoms with Crippen molar-refractivity contribution >= 4 is 46.8 Å². The van der Waals surface area contributed by atoms with Gasteiger partial charge in [-0.3, -0.25) is 0 Å². The summed E-state index contributed by atoms with van der Waals surface area (Å²) >= 11 is 17.1. The fourth-order valence-corrected chi connectivity index (χ4v) is 3.17. The van der Waals surface area contributed by atoms with E-state index in [2.05, 4.69) is 10.6 Å². The zero-order chi connectivity index (χ0) is 21.7. The Labute approximate surface area is 189 Å². The van der Waals surface area contributed by atoms with Crippen LogP contribution in [0.4, 0.5) is 4.79 Å². The zero-order valence-corrected chi connectivity index (χ0v) is 18.2. The number of allylic oxidation sites excluding steroid dienone is 1. The standard InChI is InChI=1S/C21H19Cl3N2O4/c1-13-17(19(27)30-12-21(22,23)24)18(26-20(28)25-13)15-9-5-6-10-16(15)29-11-14-7-3-2-4-8-14/h2-10,18H,11-12H2,1H3,(H2,25,26,28)/t18-/m1/s1. The van der Waals surface area contributed by atoms with Gasteiger partial charge in [0.2, 0.25) is 3.79 Å². The highest BCUT2D eigenvalue weighted by Gasteiger charge is 2.35. The van der Waals surface area contributed by atoms with Gasteiger partial charge in [0.05, 0.1) is 11.6 Å². The number of alkyl halides is 3. The Morgan fingerprint density at radius 1 is 1.07 bits per heavy atom. The summed E-state index contributed by atoms with van der Waals surface area (Å²) in [7, 11) is 0. The first-order valence-electron chi connectivity index (χ1n) is 9.02. The first-order valence-corrected chi connectivity index (χ1v) is 10.2. The van der Waals surface area contributed by atoms with Crippen LogP contribution in [0.3, 0.4) is 0 Å². The Morgan fingerprint density at radius 2 is 1.73 bits per heavy atom. The van der Waals surface area contributed by atoms with Crippen molar-refractivity contribution in [1.29, 1.82) is 0 Å². The molecule has 0 saturated carbocycles. The number of amides is 2. The predicted molar refractivity (Wildman–Crippen MR) is 116 cm³/mol. The summed E-state index contributed by atoms with van der Waals surface area (Å²) in [5.41, 5.74) is 2.12.